The van der Waals surface area contributed by atoms with E-state index in [1.165, 1.54) is 18.7 Å². The zero-order chi connectivity index (χ0) is 18.6. The van der Waals surface area contributed by atoms with Crippen LogP contribution in [0.1, 0.15) is 17.3 Å². The molecular formula is C17H16FN3O4S. The zero-order valence-electron chi connectivity index (χ0n) is 14.0. The van der Waals surface area contributed by atoms with Gasteiger partial charge in [0.15, 0.2) is 0 Å². The number of carbonyl (C=O) groups is 2. The number of carbonyl (C=O) groups excluding carboxylic acids is 1. The van der Waals surface area contributed by atoms with Crippen molar-refractivity contribution in [3.63, 3.8) is 0 Å². The number of hydrogen-bond acceptors (Lipinski definition) is 5. The Morgan fingerprint density at radius 2 is 1.88 bits per heavy atom. The Bertz CT molecular complexity index is 1010. The molecule has 0 atom stereocenters. The summed E-state index contributed by atoms with van der Waals surface area (Å²) in [5.41, 5.74) is -0.0392. The number of fused-ring (bicyclic) bond motifs is 3. The van der Waals surface area contributed by atoms with Gasteiger partial charge >= 0.3 is 5.97 Å². The number of pyridine rings is 1. The minimum absolute atomic E-state index is 0.00487. The summed E-state index contributed by atoms with van der Waals surface area (Å²) in [6.45, 7) is 3.54. The lowest BCUT2D eigenvalue weighted by molar-refractivity contribution is -0.129. The lowest BCUT2D eigenvalue weighted by atomic mass is 10.1. The molecule has 26 heavy (non-hydrogen) atoms. The van der Waals surface area contributed by atoms with Crippen LogP contribution in [0.5, 0.6) is 0 Å². The highest BCUT2D eigenvalue weighted by molar-refractivity contribution is 7.99. The molecule has 2 aliphatic heterocycles. The fourth-order valence-corrected chi connectivity index (χ4v) is 4.41. The number of anilines is 1. The van der Waals surface area contributed by atoms with E-state index in [1.54, 1.807) is 15.5 Å². The van der Waals surface area contributed by atoms with E-state index in [4.69, 9.17) is 0 Å². The molecule has 0 spiro atoms. The molecule has 3 heterocycles. The van der Waals surface area contributed by atoms with E-state index in [1.807, 2.05) is 4.90 Å². The first kappa shape index (κ1) is 16.9. The molecule has 1 saturated heterocycles. The average Bonchev–Trinajstić information content (AvgIpc) is 2.58. The third-order valence-corrected chi connectivity index (χ3v) is 5.98. The summed E-state index contributed by atoms with van der Waals surface area (Å²) in [4.78, 5) is 38.9. The smallest absolute Gasteiger partial charge is 0.342 e. The predicted octanol–water partition coefficient (Wildman–Crippen LogP) is 1.57. The van der Waals surface area contributed by atoms with Crippen LogP contribution in [0.3, 0.4) is 0 Å². The second-order valence-corrected chi connectivity index (χ2v) is 7.26. The van der Waals surface area contributed by atoms with Crippen molar-refractivity contribution in [2.45, 2.75) is 17.8 Å². The second kappa shape index (κ2) is 6.01. The Labute approximate surface area is 152 Å². The number of benzene rings is 1. The molecule has 7 nitrogen and oxygen atoms in total. The van der Waals surface area contributed by atoms with Crippen molar-refractivity contribution in [1.29, 1.82) is 0 Å². The summed E-state index contributed by atoms with van der Waals surface area (Å²) in [6.07, 6.45) is 0. The number of amides is 1. The van der Waals surface area contributed by atoms with Crippen LogP contribution in [-0.4, -0.2) is 52.6 Å². The molecule has 4 rings (SSSR count). The molecule has 1 aromatic heterocycles. The molecule has 1 aromatic carbocycles. The van der Waals surface area contributed by atoms with E-state index in [2.05, 4.69) is 0 Å². The zero-order valence-corrected chi connectivity index (χ0v) is 14.8. The molecule has 9 heteroatoms. The summed E-state index contributed by atoms with van der Waals surface area (Å²) < 4.78 is 16.4. The maximum absolute atomic E-state index is 14.7. The molecule has 0 radical (unpaired) electrons. The van der Waals surface area contributed by atoms with Crippen molar-refractivity contribution >= 4 is 40.2 Å². The van der Waals surface area contributed by atoms with Crippen LogP contribution in [-0.2, 0) is 10.7 Å². The van der Waals surface area contributed by atoms with Gasteiger partial charge in [-0.15, -0.1) is 0 Å². The molecule has 0 bridgehead atoms. The van der Waals surface area contributed by atoms with Gasteiger partial charge in [0.1, 0.15) is 11.4 Å². The Hall–Kier alpha value is -2.55. The van der Waals surface area contributed by atoms with Crippen LogP contribution >= 0.6 is 11.8 Å². The molecule has 136 valence electrons. The number of rotatable bonds is 2. The van der Waals surface area contributed by atoms with Crippen LogP contribution in [0.4, 0.5) is 10.1 Å². The molecule has 0 unspecified atom stereocenters. The van der Waals surface area contributed by atoms with Crippen molar-refractivity contribution in [2.24, 2.45) is 0 Å². The molecule has 0 saturated carbocycles. The van der Waals surface area contributed by atoms with E-state index < -0.39 is 17.2 Å². The molecule has 1 amide bonds. The van der Waals surface area contributed by atoms with Crippen LogP contribution in [0, 0.1) is 5.82 Å². The number of carboxylic acid groups (broad SMARTS) is 1. The molecule has 1 fully saturated rings. The third kappa shape index (κ3) is 2.45. The summed E-state index contributed by atoms with van der Waals surface area (Å²) in [5.74, 6) is -1.34. The Kier molecular flexibility index (Phi) is 3.91. The molecule has 0 aliphatic carbocycles. The van der Waals surface area contributed by atoms with Crippen molar-refractivity contribution in [1.82, 2.24) is 9.47 Å². The first-order chi connectivity index (χ1) is 12.4. The number of thioether (sulfide) groups is 1. The van der Waals surface area contributed by atoms with Gasteiger partial charge in [-0.1, -0.05) is 11.8 Å². The molecular weight excluding hydrogens is 361 g/mol. The maximum Gasteiger partial charge on any atom is 0.342 e. The van der Waals surface area contributed by atoms with Crippen molar-refractivity contribution in [2.75, 3.05) is 31.1 Å². The van der Waals surface area contributed by atoms with Crippen molar-refractivity contribution in [3.8, 4) is 0 Å². The SMILES string of the molecule is CC(=O)N1CCN(c2cc3c(cc2F)c(=O)c(C(=O)O)c2n3CS2)CC1. The number of nitrogens with zero attached hydrogens (tertiary/aromatic N) is 3. The quantitative estimate of drug-likeness (QED) is 0.856. The van der Waals surface area contributed by atoms with Gasteiger partial charge in [0.05, 0.1) is 22.1 Å². The van der Waals surface area contributed by atoms with E-state index >= 15 is 0 Å². The lowest BCUT2D eigenvalue weighted by Crippen LogP contribution is -2.48. The van der Waals surface area contributed by atoms with E-state index in [0.29, 0.717) is 48.3 Å². The van der Waals surface area contributed by atoms with Gasteiger partial charge in [-0.05, 0) is 12.1 Å². The molecule has 2 aliphatic rings. The van der Waals surface area contributed by atoms with Crippen LogP contribution in [0.15, 0.2) is 22.0 Å². The van der Waals surface area contributed by atoms with Crippen molar-refractivity contribution < 1.29 is 19.1 Å². The van der Waals surface area contributed by atoms with Gasteiger partial charge in [0.2, 0.25) is 11.3 Å². The average molecular weight is 377 g/mol. The first-order valence-corrected chi connectivity index (χ1v) is 9.13. The lowest BCUT2D eigenvalue weighted by Gasteiger charge is -2.36. The van der Waals surface area contributed by atoms with Gasteiger partial charge in [-0.2, -0.15) is 0 Å². The summed E-state index contributed by atoms with van der Waals surface area (Å²) in [6, 6.07) is 2.75. The third-order valence-electron chi connectivity index (χ3n) is 4.90. The topological polar surface area (TPSA) is 82.8 Å². The minimum Gasteiger partial charge on any atom is -0.477 e. The van der Waals surface area contributed by atoms with E-state index in [-0.39, 0.29) is 16.9 Å². The number of aromatic carboxylic acids is 1. The Morgan fingerprint density at radius 3 is 2.42 bits per heavy atom. The second-order valence-electron chi connectivity index (χ2n) is 6.33. The van der Waals surface area contributed by atoms with Crippen molar-refractivity contribution in [3.05, 3.63) is 33.7 Å². The highest BCUT2D eigenvalue weighted by Gasteiger charge is 2.29. The number of carboxylic acids is 1. The highest BCUT2D eigenvalue weighted by Crippen LogP contribution is 2.38. The Balaban J connectivity index is 1.80. The van der Waals surface area contributed by atoms with Crippen LogP contribution in [0.25, 0.3) is 10.9 Å². The summed E-state index contributed by atoms with van der Waals surface area (Å²) >= 11 is 1.29. The summed E-state index contributed by atoms with van der Waals surface area (Å²) in [5, 5.41) is 9.79. The van der Waals surface area contributed by atoms with Gasteiger partial charge in [-0.3, -0.25) is 9.59 Å². The number of hydrogen-bond donors (Lipinski definition) is 1. The van der Waals surface area contributed by atoms with E-state index in [0.717, 1.165) is 6.07 Å². The van der Waals surface area contributed by atoms with Gasteiger partial charge < -0.3 is 19.5 Å². The molecule has 2 aromatic rings. The van der Waals surface area contributed by atoms with Gasteiger partial charge in [0, 0.05) is 38.5 Å². The number of aromatic nitrogens is 1. The predicted molar refractivity (Wildman–Crippen MR) is 95.4 cm³/mol. The van der Waals surface area contributed by atoms with Gasteiger partial charge in [-0.25, -0.2) is 9.18 Å². The minimum atomic E-state index is -1.29. The van der Waals surface area contributed by atoms with E-state index in [9.17, 15) is 23.9 Å². The largest absolute Gasteiger partial charge is 0.477 e. The first-order valence-electron chi connectivity index (χ1n) is 8.15. The summed E-state index contributed by atoms with van der Waals surface area (Å²) in [7, 11) is 0. The standard InChI is InChI=1S/C17H16FN3O4S/c1-9(22)19-2-4-20(5-3-19)13-7-12-10(6-11(13)18)15(23)14(17(24)25)16-21(12)8-26-16/h6-7H,2-5,8H2,1H3,(H,24,25). The molecule has 1 N–H and O–H groups in total. The van der Waals surface area contributed by atoms with Crippen LogP contribution < -0.4 is 10.3 Å². The Morgan fingerprint density at radius 1 is 1.19 bits per heavy atom. The highest BCUT2D eigenvalue weighted by atomic mass is 32.2. The fourth-order valence-electron chi connectivity index (χ4n) is 3.46. The number of halogens is 1. The fraction of sp³-hybridized carbons (Fsp3) is 0.353. The number of piperazine rings is 1. The maximum atomic E-state index is 14.7. The normalized spacial score (nSPS) is 16.4. The van der Waals surface area contributed by atoms with Gasteiger partial charge in [0.25, 0.3) is 0 Å². The monoisotopic (exact) mass is 377 g/mol. The van der Waals surface area contributed by atoms with Crippen LogP contribution in [0.2, 0.25) is 0 Å².